The Hall–Kier alpha value is -1.71. The van der Waals surface area contributed by atoms with Gasteiger partial charge in [-0.05, 0) is 0 Å². The van der Waals surface area contributed by atoms with E-state index in [1.165, 1.54) is 0 Å². The second-order valence-corrected chi connectivity index (χ2v) is 6.17. The molecule has 0 bridgehead atoms. The molecule has 0 saturated heterocycles. The summed E-state index contributed by atoms with van der Waals surface area (Å²) in [6, 6.07) is 9.60. The van der Waals surface area contributed by atoms with Crippen LogP contribution in [-0.2, 0) is 0 Å². The van der Waals surface area contributed by atoms with E-state index in [9.17, 15) is 4.79 Å². The molecule has 0 saturated carbocycles. The van der Waals surface area contributed by atoms with Gasteiger partial charge in [-0.3, -0.25) is 0 Å². The second-order valence-electron chi connectivity index (χ2n) is 4.10. The topological polar surface area (TPSA) is 47.8 Å². The van der Waals surface area contributed by atoms with E-state index in [-0.39, 0.29) is 20.3 Å². The van der Waals surface area contributed by atoms with Crippen LogP contribution >= 0.6 is 0 Å². The maximum atomic E-state index is 12.3. The van der Waals surface area contributed by atoms with Gasteiger partial charge in [-0.25, -0.2) is 0 Å². The molecule has 0 aliphatic rings. The molecule has 0 N–H and O–H groups in total. The standard InChI is InChI=1S/C13H11N3OSe/c1-8-7-12(15-9(2)14-8)16-13(17)10-5-3-4-6-11(10)18-16/h3-7H,1-2H3. The molecule has 0 aliphatic carbocycles. The number of hydrogen-bond donors (Lipinski definition) is 0. The molecule has 0 amide bonds. The molecule has 2 heterocycles. The Morgan fingerprint density at radius 2 is 1.94 bits per heavy atom. The number of fused-ring (bicyclic) bond motifs is 1. The fraction of sp³-hybridized carbons (Fsp3) is 0.154. The summed E-state index contributed by atoms with van der Waals surface area (Å²) in [5.41, 5.74) is 0.931. The third kappa shape index (κ3) is 1.81. The van der Waals surface area contributed by atoms with E-state index in [1.807, 2.05) is 44.2 Å². The van der Waals surface area contributed by atoms with Gasteiger partial charge in [-0.1, -0.05) is 0 Å². The predicted octanol–water partition coefficient (Wildman–Crippen LogP) is 1.45. The zero-order chi connectivity index (χ0) is 12.7. The second kappa shape index (κ2) is 4.19. The van der Waals surface area contributed by atoms with Crippen molar-refractivity contribution < 1.29 is 0 Å². The number of aromatic nitrogens is 3. The minimum atomic E-state index is -0.0269. The zero-order valence-corrected chi connectivity index (χ0v) is 11.8. The molecule has 0 radical (unpaired) electrons. The van der Waals surface area contributed by atoms with E-state index in [0.29, 0.717) is 11.6 Å². The van der Waals surface area contributed by atoms with E-state index in [0.717, 1.165) is 15.3 Å². The van der Waals surface area contributed by atoms with Crippen molar-refractivity contribution in [2.75, 3.05) is 0 Å². The van der Waals surface area contributed by atoms with E-state index in [4.69, 9.17) is 0 Å². The van der Waals surface area contributed by atoms with E-state index in [2.05, 4.69) is 9.97 Å². The van der Waals surface area contributed by atoms with E-state index in [1.54, 1.807) is 3.56 Å². The number of hydrogen-bond acceptors (Lipinski definition) is 3. The quantitative estimate of drug-likeness (QED) is 0.639. The molecule has 0 aliphatic heterocycles. The first-order valence-corrected chi connectivity index (χ1v) is 7.21. The van der Waals surface area contributed by atoms with Gasteiger partial charge in [0.15, 0.2) is 0 Å². The Kier molecular flexibility index (Phi) is 2.65. The number of rotatable bonds is 1. The SMILES string of the molecule is Cc1cc(-n2[se]c3ccccc3c2=O)nc(C)n1. The van der Waals surface area contributed by atoms with Crippen LogP contribution in [0.25, 0.3) is 15.5 Å². The van der Waals surface area contributed by atoms with Crippen LogP contribution in [0.3, 0.4) is 0 Å². The van der Waals surface area contributed by atoms with Crippen molar-refractivity contribution in [1.29, 1.82) is 0 Å². The van der Waals surface area contributed by atoms with Gasteiger partial charge in [0.2, 0.25) is 0 Å². The first kappa shape index (κ1) is 11.4. The van der Waals surface area contributed by atoms with Gasteiger partial charge in [0.1, 0.15) is 0 Å². The monoisotopic (exact) mass is 305 g/mol. The third-order valence-electron chi connectivity index (χ3n) is 2.65. The van der Waals surface area contributed by atoms with Gasteiger partial charge < -0.3 is 0 Å². The van der Waals surface area contributed by atoms with Gasteiger partial charge in [0.25, 0.3) is 0 Å². The van der Waals surface area contributed by atoms with Crippen molar-refractivity contribution in [3.05, 3.63) is 52.2 Å². The number of nitrogens with zero attached hydrogens (tertiary/aromatic N) is 3. The molecular formula is C13H11N3OSe. The van der Waals surface area contributed by atoms with Crippen LogP contribution in [0.15, 0.2) is 35.1 Å². The number of benzene rings is 1. The van der Waals surface area contributed by atoms with Crippen LogP contribution in [0.2, 0.25) is 0 Å². The van der Waals surface area contributed by atoms with Gasteiger partial charge in [0.05, 0.1) is 0 Å². The zero-order valence-electron chi connectivity index (χ0n) is 10.0. The molecule has 18 heavy (non-hydrogen) atoms. The average molecular weight is 304 g/mol. The van der Waals surface area contributed by atoms with Crippen molar-refractivity contribution in [2.45, 2.75) is 13.8 Å². The van der Waals surface area contributed by atoms with Crippen LogP contribution in [0.1, 0.15) is 11.5 Å². The molecule has 0 spiro atoms. The van der Waals surface area contributed by atoms with Crippen LogP contribution < -0.4 is 5.56 Å². The van der Waals surface area contributed by atoms with Gasteiger partial charge in [-0.15, -0.1) is 0 Å². The first-order valence-electron chi connectivity index (χ1n) is 5.59. The predicted molar refractivity (Wildman–Crippen MR) is 71.5 cm³/mol. The van der Waals surface area contributed by atoms with Gasteiger partial charge in [0, 0.05) is 0 Å². The number of aryl methyl sites for hydroxylation is 2. The van der Waals surface area contributed by atoms with Crippen molar-refractivity contribution in [1.82, 2.24) is 13.5 Å². The molecular weight excluding hydrogens is 293 g/mol. The maximum absolute atomic E-state index is 12.3. The average Bonchev–Trinajstić information content (AvgIpc) is 2.66. The van der Waals surface area contributed by atoms with Crippen molar-refractivity contribution in [2.24, 2.45) is 0 Å². The Balaban J connectivity index is 2.31. The van der Waals surface area contributed by atoms with Crippen molar-refractivity contribution in [3.63, 3.8) is 0 Å². The fourth-order valence-electron chi connectivity index (χ4n) is 1.92. The molecule has 0 atom stereocenters. The third-order valence-corrected chi connectivity index (χ3v) is 4.94. The molecule has 3 aromatic rings. The molecule has 1 aromatic carbocycles. The van der Waals surface area contributed by atoms with Crippen molar-refractivity contribution >= 4 is 24.4 Å². The van der Waals surface area contributed by atoms with Crippen LogP contribution in [0, 0.1) is 13.8 Å². The summed E-state index contributed by atoms with van der Waals surface area (Å²) >= 11 is -0.0269. The first-order chi connectivity index (χ1) is 8.65. The summed E-state index contributed by atoms with van der Waals surface area (Å²) in [5.74, 6) is 1.41. The van der Waals surface area contributed by atoms with Crippen LogP contribution in [0.4, 0.5) is 0 Å². The summed E-state index contributed by atoms with van der Waals surface area (Å²) in [5, 5.41) is 0.798. The van der Waals surface area contributed by atoms with Gasteiger partial charge in [-0.2, -0.15) is 0 Å². The summed E-state index contributed by atoms with van der Waals surface area (Å²) in [4.78, 5) is 20.9. The summed E-state index contributed by atoms with van der Waals surface area (Å²) in [7, 11) is 0. The Labute approximate surface area is 110 Å². The molecule has 5 heteroatoms. The summed E-state index contributed by atoms with van der Waals surface area (Å²) in [6.45, 7) is 3.76. The van der Waals surface area contributed by atoms with Crippen LogP contribution in [-0.4, -0.2) is 28.3 Å². The molecule has 2 aromatic heterocycles. The molecule has 3 rings (SSSR count). The Bertz CT molecular complexity index is 768. The Morgan fingerprint density at radius 1 is 1.17 bits per heavy atom. The Morgan fingerprint density at radius 3 is 2.67 bits per heavy atom. The summed E-state index contributed by atoms with van der Waals surface area (Å²) in [6.07, 6.45) is 0. The summed E-state index contributed by atoms with van der Waals surface area (Å²) < 4.78 is 2.88. The molecule has 0 unspecified atom stereocenters. The van der Waals surface area contributed by atoms with Gasteiger partial charge >= 0.3 is 110 Å². The fourth-order valence-corrected chi connectivity index (χ4v) is 3.93. The molecule has 90 valence electrons. The van der Waals surface area contributed by atoms with Crippen molar-refractivity contribution in [3.8, 4) is 5.82 Å². The molecule has 4 nitrogen and oxygen atoms in total. The molecule has 0 fully saturated rings. The normalized spacial score (nSPS) is 11.0. The van der Waals surface area contributed by atoms with Crippen LogP contribution in [0.5, 0.6) is 0 Å². The van der Waals surface area contributed by atoms with E-state index >= 15 is 0 Å². The van der Waals surface area contributed by atoms with E-state index < -0.39 is 0 Å². The minimum absolute atomic E-state index is 0.0269.